The van der Waals surface area contributed by atoms with Gasteiger partial charge in [0.15, 0.2) is 6.04 Å². The number of carboxylic acids is 1. The van der Waals surface area contributed by atoms with Crippen molar-refractivity contribution in [3.05, 3.63) is 65.5 Å². The number of hydrogen-bond acceptors (Lipinski definition) is 4. The number of rotatable bonds is 6. The third-order valence-corrected chi connectivity index (χ3v) is 3.61. The minimum atomic E-state index is -1.57. The van der Waals surface area contributed by atoms with Crippen molar-refractivity contribution in [2.45, 2.75) is 19.6 Å². The fourth-order valence-electron chi connectivity index (χ4n) is 2.40. The van der Waals surface area contributed by atoms with Gasteiger partial charge in [0.25, 0.3) is 0 Å². The van der Waals surface area contributed by atoms with Gasteiger partial charge in [-0.25, -0.2) is 14.0 Å². The van der Waals surface area contributed by atoms with Crippen molar-refractivity contribution in [3.63, 3.8) is 0 Å². The molecule has 0 radical (unpaired) electrons. The fourth-order valence-corrected chi connectivity index (χ4v) is 2.40. The van der Waals surface area contributed by atoms with Crippen LogP contribution in [0.25, 0.3) is 0 Å². The molecule has 0 fully saturated rings. The van der Waals surface area contributed by atoms with E-state index in [1.807, 2.05) is 6.07 Å². The predicted molar refractivity (Wildman–Crippen MR) is 87.4 cm³/mol. The molecule has 0 aliphatic rings. The number of likely N-dealkylation sites (N-methyl/N-ethyl adjacent to an activating group) is 1. The van der Waals surface area contributed by atoms with E-state index in [0.29, 0.717) is 0 Å². The van der Waals surface area contributed by atoms with E-state index in [1.54, 1.807) is 31.2 Å². The third kappa shape index (κ3) is 4.47. The molecular weight excluding hydrogens is 329 g/mol. The van der Waals surface area contributed by atoms with Crippen LogP contribution in [0.2, 0.25) is 0 Å². The number of carboxylic acid groups (broad SMARTS) is 1. The van der Waals surface area contributed by atoms with E-state index < -0.39 is 29.7 Å². The molecule has 6 nitrogen and oxygen atoms in total. The number of nitrogens with zero attached hydrogens (tertiary/aromatic N) is 1. The van der Waals surface area contributed by atoms with Gasteiger partial charge in [0.1, 0.15) is 18.2 Å². The summed E-state index contributed by atoms with van der Waals surface area (Å²) in [5.74, 6) is -2.53. The summed E-state index contributed by atoms with van der Waals surface area (Å²) in [5, 5.41) is 19.4. The highest BCUT2D eigenvalue weighted by molar-refractivity contribution is 5.82. The van der Waals surface area contributed by atoms with Crippen molar-refractivity contribution in [1.82, 2.24) is 4.90 Å². The zero-order valence-corrected chi connectivity index (χ0v) is 13.6. The summed E-state index contributed by atoms with van der Waals surface area (Å²) in [6.07, 6.45) is -0.873. The molecule has 0 saturated carbocycles. The molecule has 25 heavy (non-hydrogen) atoms. The Bertz CT molecular complexity index is 750. The third-order valence-electron chi connectivity index (χ3n) is 3.61. The largest absolute Gasteiger partial charge is 0.508 e. The Balaban J connectivity index is 2.23. The number of amides is 1. The minimum absolute atomic E-state index is 0.000539. The molecule has 1 amide bonds. The predicted octanol–water partition coefficient (Wildman–Crippen LogP) is 3.32. The van der Waals surface area contributed by atoms with Crippen LogP contribution >= 0.6 is 0 Å². The fraction of sp³-hybridized carbons (Fsp3) is 0.222. The molecule has 2 N–H and O–H groups in total. The summed E-state index contributed by atoms with van der Waals surface area (Å²) in [6, 6.07) is 10.3. The average molecular weight is 347 g/mol. The van der Waals surface area contributed by atoms with Gasteiger partial charge in [-0.15, -0.1) is 0 Å². The smallest absolute Gasteiger partial charge is 0.411 e. The van der Waals surface area contributed by atoms with Gasteiger partial charge < -0.3 is 14.9 Å². The van der Waals surface area contributed by atoms with Gasteiger partial charge in [0.2, 0.25) is 0 Å². The molecule has 1 unspecified atom stereocenters. The highest BCUT2D eigenvalue weighted by atomic mass is 19.1. The first-order valence-corrected chi connectivity index (χ1v) is 7.62. The second-order valence-corrected chi connectivity index (χ2v) is 5.27. The summed E-state index contributed by atoms with van der Waals surface area (Å²) in [6.45, 7) is 1.54. The van der Waals surface area contributed by atoms with Gasteiger partial charge in [-0.1, -0.05) is 30.3 Å². The second kappa shape index (κ2) is 8.14. The number of carbonyl (C=O) groups excluding carboxylic acids is 1. The van der Waals surface area contributed by atoms with E-state index in [2.05, 4.69) is 0 Å². The molecule has 2 rings (SSSR count). The summed E-state index contributed by atoms with van der Waals surface area (Å²) in [4.78, 5) is 24.9. The first-order chi connectivity index (χ1) is 11.9. The Morgan fingerprint density at radius 2 is 1.88 bits per heavy atom. The average Bonchev–Trinajstić information content (AvgIpc) is 2.60. The zero-order valence-electron chi connectivity index (χ0n) is 13.6. The van der Waals surface area contributed by atoms with E-state index in [-0.39, 0.29) is 18.7 Å². The summed E-state index contributed by atoms with van der Waals surface area (Å²) < 4.78 is 18.6. The highest BCUT2D eigenvalue weighted by Gasteiger charge is 2.33. The topological polar surface area (TPSA) is 87.1 Å². The number of benzene rings is 2. The summed E-state index contributed by atoms with van der Waals surface area (Å²) >= 11 is 0. The Morgan fingerprint density at radius 3 is 2.48 bits per heavy atom. The van der Waals surface area contributed by atoms with Gasteiger partial charge >= 0.3 is 12.1 Å². The van der Waals surface area contributed by atoms with E-state index in [9.17, 15) is 24.2 Å². The van der Waals surface area contributed by atoms with Crippen molar-refractivity contribution in [3.8, 4) is 5.75 Å². The van der Waals surface area contributed by atoms with Gasteiger partial charge in [0.05, 0.1) is 0 Å². The summed E-state index contributed by atoms with van der Waals surface area (Å²) in [7, 11) is 0. The van der Waals surface area contributed by atoms with Gasteiger partial charge in [-0.2, -0.15) is 0 Å². The van der Waals surface area contributed by atoms with Gasteiger partial charge in [0, 0.05) is 12.1 Å². The normalized spacial score (nSPS) is 11.6. The molecule has 0 bridgehead atoms. The Kier molecular flexibility index (Phi) is 5.94. The SMILES string of the molecule is CCN(C(=O)OCc1ccccc1)C(C(=O)O)c1cc(F)ccc1O. The minimum Gasteiger partial charge on any atom is -0.508 e. The van der Waals surface area contributed by atoms with Crippen LogP contribution in [-0.4, -0.2) is 33.7 Å². The van der Waals surface area contributed by atoms with Crippen LogP contribution in [0.5, 0.6) is 5.75 Å². The quantitative estimate of drug-likeness (QED) is 0.837. The van der Waals surface area contributed by atoms with E-state index in [1.165, 1.54) is 0 Å². The molecular formula is C18H18FNO5. The number of carbonyl (C=O) groups is 2. The molecule has 132 valence electrons. The van der Waals surface area contributed by atoms with E-state index >= 15 is 0 Å². The number of phenolic OH excluding ortho intramolecular Hbond substituents is 1. The lowest BCUT2D eigenvalue weighted by Crippen LogP contribution is -2.39. The number of aromatic hydroxyl groups is 1. The molecule has 7 heteroatoms. The van der Waals surface area contributed by atoms with Crippen LogP contribution in [0.1, 0.15) is 24.1 Å². The Morgan fingerprint density at radius 1 is 1.20 bits per heavy atom. The maximum absolute atomic E-state index is 13.5. The molecule has 2 aromatic rings. The van der Waals surface area contributed by atoms with Crippen molar-refractivity contribution in [1.29, 1.82) is 0 Å². The number of hydrogen-bond donors (Lipinski definition) is 2. The lowest BCUT2D eigenvalue weighted by atomic mass is 10.0. The molecule has 0 spiro atoms. The molecule has 2 aromatic carbocycles. The summed E-state index contributed by atoms with van der Waals surface area (Å²) in [5.41, 5.74) is 0.526. The molecule has 0 aliphatic carbocycles. The Labute approximate surface area is 144 Å². The zero-order chi connectivity index (χ0) is 18.4. The maximum atomic E-state index is 13.5. The van der Waals surface area contributed by atoms with Crippen LogP contribution in [0.4, 0.5) is 9.18 Å². The first-order valence-electron chi connectivity index (χ1n) is 7.62. The first kappa shape index (κ1) is 18.3. The van der Waals surface area contributed by atoms with Gasteiger partial charge in [-0.05, 0) is 30.7 Å². The van der Waals surface area contributed by atoms with Crippen LogP contribution in [0, 0.1) is 5.82 Å². The monoisotopic (exact) mass is 347 g/mol. The lowest BCUT2D eigenvalue weighted by Gasteiger charge is -2.27. The number of phenols is 1. The maximum Gasteiger partial charge on any atom is 0.411 e. The van der Waals surface area contributed by atoms with E-state index in [0.717, 1.165) is 28.7 Å². The second-order valence-electron chi connectivity index (χ2n) is 5.27. The number of ether oxygens (including phenoxy) is 1. The Hall–Kier alpha value is -3.09. The lowest BCUT2D eigenvalue weighted by molar-refractivity contribution is -0.143. The van der Waals surface area contributed by atoms with Crippen LogP contribution in [0.15, 0.2) is 48.5 Å². The van der Waals surface area contributed by atoms with Crippen molar-refractivity contribution in [2.75, 3.05) is 6.54 Å². The number of aliphatic carboxylic acids is 1. The van der Waals surface area contributed by atoms with Crippen molar-refractivity contribution < 1.29 is 28.9 Å². The van der Waals surface area contributed by atoms with Crippen LogP contribution < -0.4 is 0 Å². The molecule has 1 atom stereocenters. The molecule has 0 heterocycles. The van der Waals surface area contributed by atoms with E-state index in [4.69, 9.17) is 4.74 Å². The van der Waals surface area contributed by atoms with Gasteiger partial charge in [-0.3, -0.25) is 4.90 Å². The highest BCUT2D eigenvalue weighted by Crippen LogP contribution is 2.30. The van der Waals surface area contributed by atoms with Crippen LogP contribution in [0.3, 0.4) is 0 Å². The molecule has 0 aromatic heterocycles. The molecule has 0 aliphatic heterocycles. The number of halogens is 1. The van der Waals surface area contributed by atoms with Crippen molar-refractivity contribution >= 4 is 12.1 Å². The standard InChI is InChI=1S/C18H18FNO5/c1-2-20(18(24)25-11-12-6-4-3-5-7-12)16(17(22)23)14-10-13(19)8-9-15(14)21/h3-10,16,21H,2,11H2,1H3,(H,22,23). The van der Waals surface area contributed by atoms with Crippen LogP contribution in [-0.2, 0) is 16.1 Å². The van der Waals surface area contributed by atoms with Crippen molar-refractivity contribution in [2.24, 2.45) is 0 Å². The molecule has 0 saturated heterocycles.